The van der Waals surface area contributed by atoms with Crippen molar-refractivity contribution in [1.29, 1.82) is 0 Å². The van der Waals surface area contributed by atoms with E-state index in [1.807, 2.05) is 19.9 Å². The van der Waals surface area contributed by atoms with Gasteiger partial charge < -0.3 is 10.6 Å². The Balaban J connectivity index is 1.61. The number of rotatable bonds is 4. The van der Waals surface area contributed by atoms with Crippen LogP contribution < -0.4 is 10.6 Å². The molecule has 5 heteroatoms. The van der Waals surface area contributed by atoms with Crippen molar-refractivity contribution in [2.75, 3.05) is 6.54 Å². The molecule has 1 aliphatic carbocycles. The molecule has 1 saturated carbocycles. The molecule has 2 N–H and O–H groups in total. The first-order valence-corrected chi connectivity index (χ1v) is 9.43. The maximum atomic E-state index is 14.5. The normalized spacial score (nSPS) is 15.9. The number of benzene rings is 2. The standard InChI is InChI=1S/C22H23FN2O2/c1-12-13(2)17-7-8-24-21(26)19(17)11-15(12)9-14-3-6-18(20(23)10-14)22(27)25-16-4-5-16/h3,6,10-11,16H,4-5,7-9H2,1-2H3,(H,24,26)(H,25,27). The Morgan fingerprint density at radius 2 is 2.00 bits per heavy atom. The topological polar surface area (TPSA) is 58.2 Å². The van der Waals surface area contributed by atoms with Gasteiger partial charge in [-0.05, 0) is 85.5 Å². The highest BCUT2D eigenvalue weighted by Crippen LogP contribution is 2.27. The summed E-state index contributed by atoms with van der Waals surface area (Å²) in [5.41, 5.74) is 5.99. The van der Waals surface area contributed by atoms with Crippen molar-refractivity contribution in [2.24, 2.45) is 0 Å². The molecular formula is C22H23FN2O2. The van der Waals surface area contributed by atoms with Crippen LogP contribution in [0.5, 0.6) is 0 Å². The molecule has 4 nitrogen and oxygen atoms in total. The summed E-state index contributed by atoms with van der Waals surface area (Å²) in [7, 11) is 0. The third kappa shape index (κ3) is 3.46. The molecule has 0 bridgehead atoms. The van der Waals surface area contributed by atoms with Crippen molar-refractivity contribution in [3.63, 3.8) is 0 Å². The average molecular weight is 366 g/mol. The lowest BCUT2D eigenvalue weighted by Crippen LogP contribution is -2.32. The first-order chi connectivity index (χ1) is 12.9. The minimum atomic E-state index is -0.504. The van der Waals surface area contributed by atoms with Gasteiger partial charge in [-0.15, -0.1) is 0 Å². The summed E-state index contributed by atoms with van der Waals surface area (Å²) in [6.45, 7) is 4.76. The van der Waals surface area contributed by atoms with E-state index < -0.39 is 5.82 Å². The van der Waals surface area contributed by atoms with E-state index in [4.69, 9.17) is 0 Å². The zero-order valence-corrected chi connectivity index (χ0v) is 15.6. The maximum absolute atomic E-state index is 14.5. The Morgan fingerprint density at radius 1 is 1.22 bits per heavy atom. The van der Waals surface area contributed by atoms with Crippen LogP contribution in [0, 0.1) is 19.7 Å². The Labute approximate surface area is 158 Å². The number of fused-ring (bicyclic) bond motifs is 1. The van der Waals surface area contributed by atoms with E-state index in [1.54, 1.807) is 12.1 Å². The van der Waals surface area contributed by atoms with Crippen LogP contribution in [0.3, 0.4) is 0 Å². The molecule has 2 aromatic rings. The Morgan fingerprint density at radius 3 is 2.70 bits per heavy atom. The largest absolute Gasteiger partial charge is 0.352 e. The highest BCUT2D eigenvalue weighted by Gasteiger charge is 2.25. The summed E-state index contributed by atoms with van der Waals surface area (Å²) in [6, 6.07) is 6.90. The van der Waals surface area contributed by atoms with E-state index in [1.165, 1.54) is 6.07 Å². The van der Waals surface area contributed by atoms with Gasteiger partial charge in [0.1, 0.15) is 5.82 Å². The van der Waals surface area contributed by atoms with Crippen LogP contribution in [-0.2, 0) is 12.8 Å². The van der Waals surface area contributed by atoms with Crippen LogP contribution in [0.15, 0.2) is 24.3 Å². The molecule has 27 heavy (non-hydrogen) atoms. The van der Waals surface area contributed by atoms with E-state index in [0.717, 1.165) is 52.6 Å². The number of nitrogens with one attached hydrogen (secondary N) is 2. The lowest BCUT2D eigenvalue weighted by Gasteiger charge is -2.22. The van der Waals surface area contributed by atoms with Crippen LogP contribution in [0.25, 0.3) is 0 Å². The van der Waals surface area contributed by atoms with Crippen LogP contribution in [0.2, 0.25) is 0 Å². The van der Waals surface area contributed by atoms with Crippen molar-refractivity contribution in [1.82, 2.24) is 10.6 Å². The molecule has 0 unspecified atom stereocenters. The van der Waals surface area contributed by atoms with E-state index >= 15 is 0 Å². The number of hydrogen-bond acceptors (Lipinski definition) is 2. The first-order valence-electron chi connectivity index (χ1n) is 9.43. The molecule has 1 aliphatic heterocycles. The van der Waals surface area contributed by atoms with Gasteiger partial charge >= 0.3 is 0 Å². The zero-order chi connectivity index (χ0) is 19.1. The van der Waals surface area contributed by atoms with Crippen molar-refractivity contribution in [2.45, 2.75) is 45.6 Å². The second kappa shape index (κ2) is 6.80. The third-order valence-electron chi connectivity index (χ3n) is 5.63. The average Bonchev–Trinajstić information content (AvgIpc) is 3.44. The third-order valence-corrected chi connectivity index (χ3v) is 5.63. The summed E-state index contributed by atoms with van der Waals surface area (Å²) >= 11 is 0. The van der Waals surface area contributed by atoms with Gasteiger partial charge in [0.25, 0.3) is 11.8 Å². The molecule has 0 radical (unpaired) electrons. The summed E-state index contributed by atoms with van der Waals surface area (Å²) in [4.78, 5) is 24.3. The number of hydrogen-bond donors (Lipinski definition) is 2. The van der Waals surface area contributed by atoms with E-state index in [9.17, 15) is 14.0 Å². The van der Waals surface area contributed by atoms with E-state index in [0.29, 0.717) is 13.0 Å². The molecule has 1 fully saturated rings. The highest BCUT2D eigenvalue weighted by molar-refractivity contribution is 5.97. The molecule has 1 heterocycles. The molecule has 0 spiro atoms. The Bertz CT molecular complexity index is 948. The molecule has 2 aliphatic rings. The Hall–Kier alpha value is -2.69. The predicted octanol–water partition coefficient (Wildman–Crippen LogP) is 3.21. The van der Waals surface area contributed by atoms with Gasteiger partial charge in [0.05, 0.1) is 5.56 Å². The minimum Gasteiger partial charge on any atom is -0.352 e. The fourth-order valence-electron chi connectivity index (χ4n) is 3.71. The summed E-state index contributed by atoms with van der Waals surface area (Å²) in [5, 5.41) is 5.69. The molecule has 140 valence electrons. The number of halogens is 1. The molecule has 0 saturated heterocycles. The number of carbonyl (C=O) groups is 2. The smallest absolute Gasteiger partial charge is 0.254 e. The monoisotopic (exact) mass is 366 g/mol. The van der Waals surface area contributed by atoms with Crippen molar-refractivity contribution < 1.29 is 14.0 Å². The lowest BCUT2D eigenvalue weighted by atomic mass is 9.87. The van der Waals surface area contributed by atoms with Gasteiger partial charge in [-0.25, -0.2) is 4.39 Å². The molecule has 0 aromatic heterocycles. The van der Waals surface area contributed by atoms with Gasteiger partial charge in [-0.1, -0.05) is 6.07 Å². The predicted molar refractivity (Wildman–Crippen MR) is 102 cm³/mol. The molecule has 4 rings (SSSR count). The fourth-order valence-corrected chi connectivity index (χ4v) is 3.71. The van der Waals surface area contributed by atoms with Crippen molar-refractivity contribution in [3.8, 4) is 0 Å². The van der Waals surface area contributed by atoms with Crippen molar-refractivity contribution in [3.05, 3.63) is 69.0 Å². The van der Waals surface area contributed by atoms with Crippen LogP contribution in [0.1, 0.15) is 61.4 Å². The van der Waals surface area contributed by atoms with E-state index in [-0.39, 0.29) is 23.4 Å². The maximum Gasteiger partial charge on any atom is 0.254 e. The van der Waals surface area contributed by atoms with Crippen LogP contribution in [-0.4, -0.2) is 24.4 Å². The molecular weight excluding hydrogens is 343 g/mol. The van der Waals surface area contributed by atoms with Gasteiger partial charge in [0.15, 0.2) is 0 Å². The second-order valence-electron chi connectivity index (χ2n) is 7.56. The summed E-state index contributed by atoms with van der Waals surface area (Å²) in [5.74, 6) is -0.895. The molecule has 0 atom stereocenters. The number of carbonyl (C=O) groups excluding carboxylic acids is 2. The number of amides is 2. The SMILES string of the molecule is Cc1c(Cc2ccc(C(=O)NC3CC3)c(F)c2)cc2c(c1C)CCNC2=O. The highest BCUT2D eigenvalue weighted by atomic mass is 19.1. The van der Waals surface area contributed by atoms with Gasteiger partial charge in [0, 0.05) is 18.2 Å². The van der Waals surface area contributed by atoms with Crippen molar-refractivity contribution >= 4 is 11.8 Å². The fraction of sp³-hybridized carbons (Fsp3) is 0.364. The van der Waals surface area contributed by atoms with Gasteiger partial charge in [-0.3, -0.25) is 9.59 Å². The van der Waals surface area contributed by atoms with Gasteiger partial charge in [-0.2, -0.15) is 0 Å². The quantitative estimate of drug-likeness (QED) is 0.873. The minimum absolute atomic E-state index is 0.0427. The molecule has 2 amide bonds. The van der Waals surface area contributed by atoms with Crippen LogP contribution in [0.4, 0.5) is 4.39 Å². The Kier molecular flexibility index (Phi) is 4.46. The van der Waals surface area contributed by atoms with Crippen LogP contribution >= 0.6 is 0 Å². The summed E-state index contributed by atoms with van der Waals surface area (Å²) in [6.07, 6.45) is 3.30. The first kappa shape index (κ1) is 17.7. The van der Waals surface area contributed by atoms with Gasteiger partial charge in [0.2, 0.25) is 0 Å². The lowest BCUT2D eigenvalue weighted by molar-refractivity contribution is 0.0937. The van der Waals surface area contributed by atoms with E-state index in [2.05, 4.69) is 10.6 Å². The summed E-state index contributed by atoms with van der Waals surface area (Å²) < 4.78 is 14.5. The molecule has 2 aromatic carbocycles. The zero-order valence-electron chi connectivity index (χ0n) is 15.6. The second-order valence-corrected chi connectivity index (χ2v) is 7.56.